The number of carbonyl (C=O) groups is 2. The van der Waals surface area contributed by atoms with Crippen LogP contribution in [0.4, 0.5) is 5.69 Å². The number of para-hydroxylation sites is 1. The molecule has 0 spiro atoms. The quantitative estimate of drug-likeness (QED) is 0.529. The molecule has 0 radical (unpaired) electrons. The number of carbonyl (C=O) groups excluding carboxylic acids is 2. The fourth-order valence-electron chi connectivity index (χ4n) is 3.16. The number of methoxy groups -OCH3 is 1. The van der Waals surface area contributed by atoms with Crippen LogP contribution in [-0.4, -0.2) is 19.0 Å². The van der Waals surface area contributed by atoms with Crippen LogP contribution < -0.4 is 5.32 Å². The Labute approximate surface area is 158 Å². The summed E-state index contributed by atoms with van der Waals surface area (Å²) in [5.41, 5.74) is 2.39. The molecule has 1 atom stereocenters. The predicted octanol–water partition coefficient (Wildman–Crippen LogP) is 4.25. The minimum Gasteiger partial charge on any atom is -0.468 e. The molecule has 1 amide bonds. The summed E-state index contributed by atoms with van der Waals surface area (Å²) in [5.74, 6) is -2.43. The third-order valence-electron chi connectivity index (χ3n) is 4.43. The molecule has 1 unspecified atom stereocenters. The average Bonchev–Trinajstić information content (AvgIpc) is 2.73. The Balaban J connectivity index is 2.03. The number of ether oxygens (including phenoxy) is 1. The standard InChI is InChI=1S/C23H21NO3/c1-27-23(26)21(22(25)24-19-15-9-4-10-16-19)20(17-11-5-2-6-12-17)18-13-7-3-8-14-18/h2-16,20-21H,1H3,(H,24,25). The van der Waals surface area contributed by atoms with E-state index in [1.165, 1.54) is 7.11 Å². The van der Waals surface area contributed by atoms with E-state index in [1.54, 1.807) is 12.1 Å². The van der Waals surface area contributed by atoms with E-state index in [2.05, 4.69) is 5.32 Å². The van der Waals surface area contributed by atoms with Crippen LogP contribution in [0.2, 0.25) is 0 Å². The van der Waals surface area contributed by atoms with Crippen molar-refractivity contribution < 1.29 is 14.3 Å². The van der Waals surface area contributed by atoms with Crippen LogP contribution >= 0.6 is 0 Å². The summed E-state index contributed by atoms with van der Waals surface area (Å²) in [6.07, 6.45) is 0. The summed E-state index contributed by atoms with van der Waals surface area (Å²) in [6, 6.07) is 28.2. The molecule has 3 aromatic carbocycles. The first-order valence-corrected chi connectivity index (χ1v) is 8.74. The minimum atomic E-state index is -1.01. The number of anilines is 1. The third kappa shape index (κ3) is 4.42. The summed E-state index contributed by atoms with van der Waals surface area (Å²) < 4.78 is 5.00. The molecule has 136 valence electrons. The number of esters is 1. The fraction of sp³-hybridized carbons (Fsp3) is 0.130. The van der Waals surface area contributed by atoms with Gasteiger partial charge in [0.15, 0.2) is 0 Å². The summed E-state index contributed by atoms with van der Waals surface area (Å²) in [7, 11) is 1.30. The van der Waals surface area contributed by atoms with Gasteiger partial charge in [0, 0.05) is 11.6 Å². The second-order valence-corrected chi connectivity index (χ2v) is 6.16. The van der Waals surface area contributed by atoms with Gasteiger partial charge in [0.1, 0.15) is 5.92 Å². The van der Waals surface area contributed by atoms with Gasteiger partial charge in [-0.05, 0) is 23.3 Å². The van der Waals surface area contributed by atoms with Crippen LogP contribution in [-0.2, 0) is 14.3 Å². The highest BCUT2D eigenvalue weighted by Crippen LogP contribution is 2.33. The first-order chi connectivity index (χ1) is 13.2. The zero-order chi connectivity index (χ0) is 19.1. The van der Waals surface area contributed by atoms with Crippen molar-refractivity contribution >= 4 is 17.6 Å². The molecule has 4 nitrogen and oxygen atoms in total. The molecule has 0 bridgehead atoms. The maximum Gasteiger partial charge on any atom is 0.319 e. The molecule has 3 rings (SSSR count). The SMILES string of the molecule is COC(=O)C(C(=O)Nc1ccccc1)C(c1ccccc1)c1ccccc1. The second kappa shape index (κ2) is 8.81. The highest BCUT2D eigenvalue weighted by Gasteiger charge is 2.37. The molecule has 0 saturated heterocycles. The maximum atomic E-state index is 13.1. The molecular weight excluding hydrogens is 338 g/mol. The normalized spacial score (nSPS) is 11.6. The summed E-state index contributed by atoms with van der Waals surface area (Å²) in [6.45, 7) is 0. The lowest BCUT2D eigenvalue weighted by Gasteiger charge is -2.25. The third-order valence-corrected chi connectivity index (χ3v) is 4.43. The van der Waals surface area contributed by atoms with Crippen LogP contribution in [0, 0.1) is 5.92 Å². The largest absolute Gasteiger partial charge is 0.468 e. The van der Waals surface area contributed by atoms with Crippen LogP contribution in [0.3, 0.4) is 0 Å². The van der Waals surface area contributed by atoms with Crippen LogP contribution in [0.25, 0.3) is 0 Å². The molecule has 0 aliphatic rings. The van der Waals surface area contributed by atoms with Crippen molar-refractivity contribution in [3.63, 3.8) is 0 Å². The van der Waals surface area contributed by atoms with E-state index >= 15 is 0 Å². The topological polar surface area (TPSA) is 55.4 Å². The number of amides is 1. The first-order valence-electron chi connectivity index (χ1n) is 8.74. The Kier molecular flexibility index (Phi) is 6.00. The van der Waals surface area contributed by atoms with Crippen molar-refractivity contribution in [2.45, 2.75) is 5.92 Å². The second-order valence-electron chi connectivity index (χ2n) is 6.16. The first kappa shape index (κ1) is 18.4. The van der Waals surface area contributed by atoms with E-state index in [-0.39, 0.29) is 0 Å². The van der Waals surface area contributed by atoms with Crippen LogP contribution in [0.15, 0.2) is 91.0 Å². The lowest BCUT2D eigenvalue weighted by atomic mass is 9.80. The molecule has 3 aromatic rings. The number of nitrogens with one attached hydrogen (secondary N) is 1. The van der Waals surface area contributed by atoms with Gasteiger partial charge in [-0.1, -0.05) is 78.9 Å². The Bertz CT molecular complexity index is 840. The molecule has 27 heavy (non-hydrogen) atoms. The van der Waals surface area contributed by atoms with E-state index in [4.69, 9.17) is 4.74 Å². The molecular formula is C23H21NO3. The molecule has 0 aromatic heterocycles. The monoisotopic (exact) mass is 359 g/mol. The van der Waals surface area contributed by atoms with E-state index in [0.29, 0.717) is 5.69 Å². The van der Waals surface area contributed by atoms with E-state index < -0.39 is 23.7 Å². The minimum absolute atomic E-state index is 0.397. The van der Waals surface area contributed by atoms with Gasteiger partial charge < -0.3 is 10.1 Å². The lowest BCUT2D eigenvalue weighted by molar-refractivity contribution is -0.149. The Morgan fingerprint density at radius 1 is 0.741 bits per heavy atom. The highest BCUT2D eigenvalue weighted by atomic mass is 16.5. The van der Waals surface area contributed by atoms with E-state index in [9.17, 15) is 9.59 Å². The molecule has 1 N–H and O–H groups in total. The van der Waals surface area contributed by atoms with E-state index in [1.807, 2.05) is 78.9 Å². The Hall–Kier alpha value is -3.40. The molecule has 0 fully saturated rings. The van der Waals surface area contributed by atoms with Crippen molar-refractivity contribution in [2.75, 3.05) is 12.4 Å². The zero-order valence-electron chi connectivity index (χ0n) is 15.0. The molecule has 0 aliphatic carbocycles. The predicted molar refractivity (Wildman–Crippen MR) is 105 cm³/mol. The molecule has 0 saturated carbocycles. The van der Waals surface area contributed by atoms with Gasteiger partial charge >= 0.3 is 5.97 Å². The number of hydrogen-bond acceptors (Lipinski definition) is 3. The van der Waals surface area contributed by atoms with Gasteiger partial charge in [0.2, 0.25) is 5.91 Å². The van der Waals surface area contributed by atoms with Crippen molar-refractivity contribution in [1.82, 2.24) is 0 Å². The number of rotatable bonds is 6. The van der Waals surface area contributed by atoms with Gasteiger partial charge in [0.25, 0.3) is 0 Å². The van der Waals surface area contributed by atoms with Gasteiger partial charge in [-0.3, -0.25) is 9.59 Å². The number of benzene rings is 3. The lowest BCUT2D eigenvalue weighted by Crippen LogP contribution is -2.36. The van der Waals surface area contributed by atoms with Gasteiger partial charge in [0.05, 0.1) is 7.11 Å². The van der Waals surface area contributed by atoms with Crippen molar-refractivity contribution in [1.29, 1.82) is 0 Å². The summed E-state index contributed by atoms with van der Waals surface area (Å²) in [4.78, 5) is 25.7. The smallest absolute Gasteiger partial charge is 0.319 e. The van der Waals surface area contributed by atoms with Gasteiger partial charge in [-0.2, -0.15) is 0 Å². The van der Waals surface area contributed by atoms with Gasteiger partial charge in [-0.15, -0.1) is 0 Å². The van der Waals surface area contributed by atoms with Crippen molar-refractivity contribution in [3.8, 4) is 0 Å². The van der Waals surface area contributed by atoms with Gasteiger partial charge in [-0.25, -0.2) is 0 Å². The van der Waals surface area contributed by atoms with Crippen molar-refractivity contribution in [2.24, 2.45) is 5.92 Å². The highest BCUT2D eigenvalue weighted by molar-refractivity contribution is 6.06. The fourth-order valence-corrected chi connectivity index (χ4v) is 3.16. The zero-order valence-corrected chi connectivity index (χ0v) is 15.0. The Morgan fingerprint density at radius 3 is 1.63 bits per heavy atom. The van der Waals surface area contributed by atoms with Crippen molar-refractivity contribution in [3.05, 3.63) is 102 Å². The molecule has 0 aliphatic heterocycles. The Morgan fingerprint density at radius 2 is 1.19 bits per heavy atom. The number of hydrogen-bond donors (Lipinski definition) is 1. The molecule has 4 heteroatoms. The maximum absolute atomic E-state index is 13.1. The van der Waals surface area contributed by atoms with Crippen LogP contribution in [0.1, 0.15) is 17.0 Å². The average molecular weight is 359 g/mol. The molecule has 0 heterocycles. The summed E-state index contributed by atoms with van der Waals surface area (Å²) >= 11 is 0. The van der Waals surface area contributed by atoms with Crippen LogP contribution in [0.5, 0.6) is 0 Å². The summed E-state index contributed by atoms with van der Waals surface area (Å²) in [5, 5.41) is 2.84. The van der Waals surface area contributed by atoms with E-state index in [0.717, 1.165) is 11.1 Å².